The summed E-state index contributed by atoms with van der Waals surface area (Å²) >= 11 is 1.73. The van der Waals surface area contributed by atoms with Gasteiger partial charge < -0.3 is 0 Å². The molecule has 0 radical (unpaired) electrons. The predicted octanol–water partition coefficient (Wildman–Crippen LogP) is 1.56. The van der Waals surface area contributed by atoms with E-state index in [1.807, 2.05) is 0 Å². The number of thiazole rings is 1. The molecule has 0 amide bonds. The summed E-state index contributed by atoms with van der Waals surface area (Å²) in [6.45, 7) is 5.94. The first-order valence-corrected chi connectivity index (χ1v) is 9.82. The number of nitrogens with zero attached hydrogens (tertiary/aromatic N) is 3. The quantitative estimate of drug-likeness (QED) is 0.827. The normalized spacial score (nSPS) is 19.1. The summed E-state index contributed by atoms with van der Waals surface area (Å²) in [7, 11) is -3.06. The van der Waals surface area contributed by atoms with E-state index in [0.717, 1.165) is 44.6 Å². The Morgan fingerprint density at radius 2 is 2.10 bits per heavy atom. The van der Waals surface area contributed by atoms with Crippen LogP contribution in [0, 0.1) is 0 Å². The fourth-order valence-corrected chi connectivity index (χ4v) is 4.18. The summed E-state index contributed by atoms with van der Waals surface area (Å²) < 4.78 is 24.7. The highest BCUT2D eigenvalue weighted by atomic mass is 32.2. The zero-order valence-corrected chi connectivity index (χ0v) is 13.8. The molecular weight excluding hydrogens is 294 g/mol. The molecule has 2 rings (SSSR count). The van der Waals surface area contributed by atoms with Crippen LogP contribution in [-0.2, 0) is 23.0 Å². The first kappa shape index (κ1) is 15.9. The number of sulfonamides is 1. The number of hydrogen-bond donors (Lipinski definition) is 0. The molecule has 1 fully saturated rings. The van der Waals surface area contributed by atoms with Crippen LogP contribution in [-0.4, -0.2) is 55.0 Å². The van der Waals surface area contributed by atoms with Crippen LogP contribution in [0.3, 0.4) is 0 Å². The van der Waals surface area contributed by atoms with Crippen LogP contribution in [0.1, 0.15) is 30.5 Å². The molecule has 7 heteroatoms. The average molecular weight is 317 g/mol. The first-order chi connectivity index (χ1) is 9.49. The van der Waals surface area contributed by atoms with Gasteiger partial charge in [0.2, 0.25) is 10.0 Å². The van der Waals surface area contributed by atoms with Crippen LogP contribution in [0.2, 0.25) is 0 Å². The fourth-order valence-electron chi connectivity index (χ4n) is 2.42. The molecule has 1 aromatic rings. The average Bonchev–Trinajstić information content (AvgIpc) is 2.65. The molecule has 1 aliphatic rings. The summed E-state index contributed by atoms with van der Waals surface area (Å²) in [5, 5.41) is 3.33. The van der Waals surface area contributed by atoms with Crippen molar-refractivity contribution in [2.75, 3.05) is 32.4 Å². The minimum atomic E-state index is -3.06. The zero-order chi connectivity index (χ0) is 14.6. The lowest BCUT2D eigenvalue weighted by Crippen LogP contribution is -2.34. The van der Waals surface area contributed by atoms with Gasteiger partial charge in [-0.2, -0.15) is 0 Å². The molecule has 2 heterocycles. The van der Waals surface area contributed by atoms with Crippen LogP contribution >= 0.6 is 11.3 Å². The van der Waals surface area contributed by atoms with Crippen molar-refractivity contribution in [3.8, 4) is 0 Å². The molecule has 0 spiro atoms. The highest BCUT2D eigenvalue weighted by Gasteiger charge is 2.21. The van der Waals surface area contributed by atoms with Crippen molar-refractivity contribution in [1.82, 2.24) is 14.2 Å². The second-order valence-corrected chi connectivity index (χ2v) is 8.20. The van der Waals surface area contributed by atoms with Gasteiger partial charge in [-0.3, -0.25) is 4.90 Å². The monoisotopic (exact) mass is 317 g/mol. The van der Waals surface area contributed by atoms with Crippen molar-refractivity contribution in [2.24, 2.45) is 0 Å². The Hall–Kier alpha value is -0.500. The maximum absolute atomic E-state index is 11.6. The molecule has 0 saturated carbocycles. The van der Waals surface area contributed by atoms with Crippen LogP contribution < -0.4 is 0 Å². The topological polar surface area (TPSA) is 53.5 Å². The molecule has 114 valence electrons. The van der Waals surface area contributed by atoms with Gasteiger partial charge in [0.1, 0.15) is 0 Å². The Morgan fingerprint density at radius 1 is 1.30 bits per heavy atom. The van der Waals surface area contributed by atoms with Gasteiger partial charge in [-0.25, -0.2) is 17.7 Å². The first-order valence-electron chi connectivity index (χ1n) is 7.10. The third-order valence-electron chi connectivity index (χ3n) is 3.47. The highest BCUT2D eigenvalue weighted by molar-refractivity contribution is 7.88. The molecule has 0 bridgehead atoms. The van der Waals surface area contributed by atoms with Gasteiger partial charge >= 0.3 is 0 Å². The van der Waals surface area contributed by atoms with Crippen molar-refractivity contribution < 1.29 is 8.42 Å². The lowest BCUT2D eigenvalue weighted by molar-refractivity contribution is 0.276. The maximum Gasteiger partial charge on any atom is 0.211 e. The van der Waals surface area contributed by atoms with Gasteiger partial charge in [0.05, 0.1) is 17.0 Å². The second kappa shape index (κ2) is 6.98. The third kappa shape index (κ3) is 4.51. The van der Waals surface area contributed by atoms with Gasteiger partial charge in [-0.05, 0) is 25.8 Å². The minimum absolute atomic E-state index is 0.588. The standard InChI is InChI=1S/C13H23N3O2S2/c1-3-5-13-14-12(11-19-13)10-15-6-4-7-16(9-8-15)20(2,17)18/h11H,3-10H2,1-2H3. The molecule has 0 unspecified atom stereocenters. The van der Waals surface area contributed by atoms with Crippen molar-refractivity contribution in [3.05, 3.63) is 16.1 Å². The Bertz CT molecular complexity index is 527. The Balaban J connectivity index is 1.90. The van der Waals surface area contributed by atoms with Crippen molar-refractivity contribution in [2.45, 2.75) is 32.7 Å². The molecule has 20 heavy (non-hydrogen) atoms. The van der Waals surface area contributed by atoms with Crippen LogP contribution in [0.5, 0.6) is 0 Å². The van der Waals surface area contributed by atoms with Gasteiger partial charge in [-0.1, -0.05) is 6.92 Å². The molecule has 1 saturated heterocycles. The molecule has 1 aromatic heterocycles. The van der Waals surface area contributed by atoms with Crippen LogP contribution in [0.4, 0.5) is 0 Å². The molecule has 1 aliphatic heterocycles. The minimum Gasteiger partial charge on any atom is -0.296 e. The smallest absolute Gasteiger partial charge is 0.211 e. The van der Waals surface area contributed by atoms with E-state index in [2.05, 4.69) is 22.2 Å². The van der Waals surface area contributed by atoms with Crippen LogP contribution in [0.15, 0.2) is 5.38 Å². The van der Waals surface area contributed by atoms with Gasteiger partial charge in [0, 0.05) is 31.6 Å². The van der Waals surface area contributed by atoms with Gasteiger partial charge in [0.15, 0.2) is 0 Å². The third-order valence-corrected chi connectivity index (χ3v) is 5.73. The summed E-state index contributed by atoms with van der Waals surface area (Å²) in [5.74, 6) is 0. The van der Waals surface area contributed by atoms with E-state index < -0.39 is 10.0 Å². The Kier molecular flexibility index (Phi) is 5.54. The van der Waals surface area contributed by atoms with E-state index in [0.29, 0.717) is 13.1 Å². The summed E-state index contributed by atoms with van der Waals surface area (Å²) in [4.78, 5) is 6.94. The number of aromatic nitrogens is 1. The SMILES string of the molecule is CCCc1nc(CN2CCCN(S(C)(=O)=O)CC2)cs1. The maximum atomic E-state index is 11.6. The van der Waals surface area contributed by atoms with Crippen LogP contribution in [0.25, 0.3) is 0 Å². The molecule has 0 N–H and O–H groups in total. The highest BCUT2D eigenvalue weighted by Crippen LogP contribution is 2.15. The van der Waals surface area contributed by atoms with Gasteiger partial charge in [-0.15, -0.1) is 11.3 Å². The molecule has 5 nitrogen and oxygen atoms in total. The summed E-state index contributed by atoms with van der Waals surface area (Å²) in [5.41, 5.74) is 1.12. The molecule has 0 atom stereocenters. The van der Waals surface area contributed by atoms with E-state index in [1.54, 1.807) is 15.6 Å². The largest absolute Gasteiger partial charge is 0.296 e. The molecule has 0 aromatic carbocycles. The summed E-state index contributed by atoms with van der Waals surface area (Å²) in [6.07, 6.45) is 4.35. The number of rotatable bonds is 5. The lowest BCUT2D eigenvalue weighted by atomic mass is 10.3. The second-order valence-electron chi connectivity index (χ2n) is 5.27. The summed E-state index contributed by atoms with van der Waals surface area (Å²) in [6, 6.07) is 0. The zero-order valence-electron chi connectivity index (χ0n) is 12.2. The van der Waals surface area contributed by atoms with E-state index in [-0.39, 0.29) is 0 Å². The van der Waals surface area contributed by atoms with Crippen molar-refractivity contribution >= 4 is 21.4 Å². The van der Waals surface area contributed by atoms with Crippen molar-refractivity contribution in [3.63, 3.8) is 0 Å². The molecular formula is C13H23N3O2S2. The number of aryl methyl sites for hydroxylation is 1. The predicted molar refractivity (Wildman–Crippen MR) is 82.4 cm³/mol. The van der Waals surface area contributed by atoms with Crippen molar-refractivity contribution in [1.29, 1.82) is 0 Å². The number of hydrogen-bond acceptors (Lipinski definition) is 5. The van der Waals surface area contributed by atoms with E-state index in [9.17, 15) is 8.42 Å². The van der Waals surface area contributed by atoms with E-state index >= 15 is 0 Å². The Labute approximate surface area is 125 Å². The molecule has 0 aliphatic carbocycles. The van der Waals surface area contributed by atoms with Gasteiger partial charge in [0.25, 0.3) is 0 Å². The Morgan fingerprint density at radius 3 is 2.80 bits per heavy atom. The van der Waals surface area contributed by atoms with E-state index in [1.165, 1.54) is 11.3 Å². The fraction of sp³-hybridized carbons (Fsp3) is 0.769. The van der Waals surface area contributed by atoms with E-state index in [4.69, 9.17) is 0 Å². The lowest BCUT2D eigenvalue weighted by Gasteiger charge is -2.19.